The molecule has 1 saturated heterocycles. The van der Waals surface area contributed by atoms with Crippen LogP contribution in [0.15, 0.2) is 40.6 Å². The lowest BCUT2D eigenvalue weighted by Crippen LogP contribution is -2.45. The number of carbonyl (C=O) groups is 1. The van der Waals surface area contributed by atoms with E-state index in [2.05, 4.69) is 11.0 Å². The number of thioether (sulfide) groups is 1. The van der Waals surface area contributed by atoms with E-state index in [1.165, 1.54) is 12.1 Å². The molecule has 5 nitrogen and oxygen atoms in total. The van der Waals surface area contributed by atoms with Gasteiger partial charge in [0.15, 0.2) is 5.78 Å². The highest BCUT2D eigenvalue weighted by molar-refractivity contribution is 7.99. The molecule has 31 heavy (non-hydrogen) atoms. The Morgan fingerprint density at radius 2 is 1.87 bits per heavy atom. The molecule has 164 valence electrons. The Morgan fingerprint density at radius 1 is 1.13 bits per heavy atom. The summed E-state index contributed by atoms with van der Waals surface area (Å²) in [6, 6.07) is 7.83. The molecule has 1 aromatic carbocycles. The predicted octanol–water partition coefficient (Wildman–Crippen LogP) is 4.97. The number of thiophene rings is 1. The molecule has 0 aliphatic carbocycles. The lowest BCUT2D eigenvalue weighted by Gasteiger charge is -2.35. The maximum atomic E-state index is 13.0. The van der Waals surface area contributed by atoms with E-state index in [1.807, 2.05) is 10.3 Å². The summed E-state index contributed by atoms with van der Waals surface area (Å²) in [5.41, 5.74) is 0.570. The van der Waals surface area contributed by atoms with Crippen LogP contribution in [-0.2, 0) is 0 Å². The number of hydrogen-bond acceptors (Lipinski definition) is 6. The van der Waals surface area contributed by atoms with Gasteiger partial charge in [-0.25, -0.2) is 4.39 Å². The lowest BCUT2D eigenvalue weighted by atomic mass is 9.94. The zero-order chi connectivity index (χ0) is 21.8. The number of rotatable bonds is 6. The first kappa shape index (κ1) is 22.2. The minimum atomic E-state index is -0.324. The second kappa shape index (κ2) is 10.1. The van der Waals surface area contributed by atoms with E-state index in [1.54, 1.807) is 35.2 Å². The molecule has 2 aromatic rings. The van der Waals surface area contributed by atoms with Crippen molar-refractivity contribution in [3.8, 4) is 0 Å². The van der Waals surface area contributed by atoms with Crippen LogP contribution in [0.2, 0.25) is 0 Å². The molecule has 2 N–H and O–H groups in total. The van der Waals surface area contributed by atoms with Gasteiger partial charge in [-0.05, 0) is 74.6 Å². The molecular weight excluding hydrogens is 431 g/mol. The molecule has 0 radical (unpaired) electrons. The molecule has 8 heteroatoms. The molecule has 0 spiro atoms. The van der Waals surface area contributed by atoms with Gasteiger partial charge in [-0.15, -0.1) is 23.1 Å². The number of benzene rings is 1. The third-order valence-corrected chi connectivity index (χ3v) is 8.08. The largest absolute Gasteiger partial charge is 0.313 e. The number of piperidine rings is 1. The number of hydrogen-bond donors (Lipinski definition) is 2. The highest BCUT2D eigenvalue weighted by atomic mass is 32.2. The van der Waals surface area contributed by atoms with E-state index >= 15 is 0 Å². The smallest absolute Gasteiger partial charge is 0.162 e. The summed E-state index contributed by atoms with van der Waals surface area (Å²) < 4.78 is 13.0. The molecule has 0 saturated carbocycles. The van der Waals surface area contributed by atoms with Crippen LogP contribution < -0.4 is 0 Å². The number of fused-ring (bicyclic) bond motifs is 1. The van der Waals surface area contributed by atoms with Crippen LogP contribution in [0, 0.1) is 22.6 Å². The number of ketones is 1. The second-order valence-corrected chi connectivity index (χ2v) is 10.1. The number of nitrogens with one attached hydrogen (secondary N) is 2. The van der Waals surface area contributed by atoms with Crippen molar-refractivity contribution in [1.82, 2.24) is 9.80 Å². The molecule has 0 amide bonds. The van der Waals surface area contributed by atoms with Crippen LogP contribution in [0.25, 0.3) is 0 Å². The van der Waals surface area contributed by atoms with E-state index in [0.29, 0.717) is 23.7 Å². The first-order valence-electron chi connectivity index (χ1n) is 10.7. The van der Waals surface area contributed by atoms with Crippen molar-refractivity contribution in [2.75, 3.05) is 31.9 Å². The summed E-state index contributed by atoms with van der Waals surface area (Å²) in [7, 11) is 0. The lowest BCUT2D eigenvalue weighted by molar-refractivity contribution is 0.0972. The van der Waals surface area contributed by atoms with Crippen molar-refractivity contribution >= 4 is 40.6 Å². The van der Waals surface area contributed by atoms with Gasteiger partial charge in [-0.2, -0.15) is 0 Å². The summed E-state index contributed by atoms with van der Waals surface area (Å²) in [5.74, 6) is 1.87. The Labute approximate surface area is 190 Å². The summed E-state index contributed by atoms with van der Waals surface area (Å²) in [4.78, 5) is 18.7. The zero-order valence-electron chi connectivity index (χ0n) is 17.4. The monoisotopic (exact) mass is 458 g/mol. The fraction of sp³-hybridized carbons (Fsp3) is 0.435. The number of Topliss-reactive ketones (excluding diaryl/α,β-unsaturated/α-hetero) is 1. The first-order valence-corrected chi connectivity index (χ1v) is 12.6. The van der Waals surface area contributed by atoms with Crippen molar-refractivity contribution in [3.63, 3.8) is 0 Å². The topological polar surface area (TPSA) is 71.2 Å². The number of likely N-dealkylation sites (tertiary alicyclic amines) is 1. The number of halogens is 1. The Hall–Kier alpha value is -2.03. The molecule has 4 rings (SSSR count). The summed E-state index contributed by atoms with van der Waals surface area (Å²) in [6.07, 6.45) is 3.08. The van der Waals surface area contributed by atoms with Crippen LogP contribution in [0.4, 0.5) is 4.39 Å². The minimum absolute atomic E-state index is 0.0576. The third kappa shape index (κ3) is 5.25. The van der Waals surface area contributed by atoms with Crippen molar-refractivity contribution in [3.05, 3.63) is 52.0 Å². The van der Waals surface area contributed by atoms with Crippen LogP contribution >= 0.6 is 23.1 Å². The van der Waals surface area contributed by atoms with E-state index in [0.717, 1.165) is 61.0 Å². The predicted molar refractivity (Wildman–Crippen MR) is 125 cm³/mol. The van der Waals surface area contributed by atoms with Gasteiger partial charge in [0.2, 0.25) is 0 Å². The minimum Gasteiger partial charge on any atom is -0.313 e. The molecule has 2 aliphatic heterocycles. The van der Waals surface area contributed by atoms with Crippen molar-refractivity contribution < 1.29 is 9.18 Å². The highest BCUT2D eigenvalue weighted by Crippen LogP contribution is 2.32. The van der Waals surface area contributed by atoms with E-state index in [4.69, 9.17) is 10.8 Å². The average Bonchev–Trinajstić information content (AvgIpc) is 3.19. The molecule has 0 unspecified atom stereocenters. The molecule has 0 bridgehead atoms. The number of carbonyl (C=O) groups excluding carboxylic acids is 1. The maximum absolute atomic E-state index is 13.0. The van der Waals surface area contributed by atoms with Gasteiger partial charge in [-0.3, -0.25) is 15.6 Å². The highest BCUT2D eigenvalue weighted by Gasteiger charge is 2.30. The fourth-order valence-electron chi connectivity index (χ4n) is 4.20. The van der Waals surface area contributed by atoms with Gasteiger partial charge in [-0.1, -0.05) is 0 Å². The summed E-state index contributed by atoms with van der Waals surface area (Å²) in [5, 5.41) is 19.4. The fourth-order valence-corrected chi connectivity index (χ4v) is 6.24. The van der Waals surface area contributed by atoms with Gasteiger partial charge >= 0.3 is 0 Å². The van der Waals surface area contributed by atoms with Gasteiger partial charge in [0, 0.05) is 35.1 Å². The Morgan fingerprint density at radius 3 is 2.61 bits per heavy atom. The molecule has 2 aliphatic rings. The van der Waals surface area contributed by atoms with Crippen molar-refractivity contribution in [1.29, 1.82) is 10.8 Å². The normalized spacial score (nSPS) is 18.0. The summed E-state index contributed by atoms with van der Waals surface area (Å²) in [6.45, 7) is 3.41. The Balaban J connectivity index is 1.23. The van der Waals surface area contributed by atoms with Crippen molar-refractivity contribution in [2.24, 2.45) is 5.92 Å². The first-order chi connectivity index (χ1) is 15.0. The number of amidine groups is 2. The molecule has 0 atom stereocenters. The zero-order valence-corrected chi connectivity index (χ0v) is 19.0. The molecule has 1 fully saturated rings. The summed E-state index contributed by atoms with van der Waals surface area (Å²) >= 11 is 3.36. The molecular formula is C23H27FN4OS2. The van der Waals surface area contributed by atoms with Crippen molar-refractivity contribution in [2.45, 2.75) is 30.6 Å². The van der Waals surface area contributed by atoms with E-state index < -0.39 is 0 Å². The standard InChI is InChI=1S/C23H27FN4OS2/c24-18-5-3-16(4-6-18)19(29)2-1-10-27-11-7-17(8-12-27)22(25)28-13-15-30-20-9-14-31-21(20)23(28)26/h3-6,9,14,17,25-26H,1-2,7-8,10-13,15H2. The van der Waals surface area contributed by atoms with Gasteiger partial charge in [0.25, 0.3) is 0 Å². The van der Waals surface area contributed by atoms with E-state index in [9.17, 15) is 9.18 Å². The van der Waals surface area contributed by atoms with Gasteiger partial charge in [0.05, 0.1) is 4.88 Å². The molecule has 1 aromatic heterocycles. The Bertz CT molecular complexity index is 951. The van der Waals surface area contributed by atoms with Crippen LogP contribution in [0.3, 0.4) is 0 Å². The third-order valence-electron chi connectivity index (χ3n) is 6.00. The molecule has 3 heterocycles. The van der Waals surface area contributed by atoms with Gasteiger partial charge in [0.1, 0.15) is 17.5 Å². The Kier molecular flexibility index (Phi) is 7.20. The van der Waals surface area contributed by atoms with Crippen LogP contribution in [0.5, 0.6) is 0 Å². The average molecular weight is 459 g/mol. The van der Waals surface area contributed by atoms with Crippen LogP contribution in [-0.4, -0.2) is 59.2 Å². The van der Waals surface area contributed by atoms with Gasteiger partial charge < -0.3 is 9.80 Å². The maximum Gasteiger partial charge on any atom is 0.162 e. The second-order valence-electron chi connectivity index (χ2n) is 8.00. The quantitative estimate of drug-likeness (QED) is 0.364. The number of nitrogens with zero attached hydrogens (tertiary/aromatic N) is 2. The van der Waals surface area contributed by atoms with Crippen LogP contribution in [0.1, 0.15) is 40.9 Å². The van der Waals surface area contributed by atoms with E-state index in [-0.39, 0.29) is 17.5 Å². The SMILES string of the molecule is N=C1c2sccc2SCCN1C(=N)C1CCN(CCCC(=O)c2ccc(F)cc2)CC1.